The Bertz CT molecular complexity index is 1160. The number of hydrogen-bond acceptors (Lipinski definition) is 4. The first-order chi connectivity index (χ1) is 16.1. The number of benzene rings is 2. The minimum atomic E-state index is -3.79. The van der Waals surface area contributed by atoms with Crippen LogP contribution >= 0.6 is 23.2 Å². The molecule has 35 heavy (non-hydrogen) atoms. The van der Waals surface area contributed by atoms with Gasteiger partial charge >= 0.3 is 0 Å². The van der Waals surface area contributed by atoms with Gasteiger partial charge in [0.05, 0.1) is 22.0 Å². The van der Waals surface area contributed by atoms with Crippen LogP contribution in [-0.2, 0) is 31.6 Å². The van der Waals surface area contributed by atoms with E-state index >= 15 is 0 Å². The highest BCUT2D eigenvalue weighted by atomic mass is 35.5. The minimum Gasteiger partial charge on any atom is -0.355 e. The average Bonchev–Trinajstić information content (AvgIpc) is 2.76. The Labute approximate surface area is 218 Å². The molecule has 0 bridgehead atoms. The van der Waals surface area contributed by atoms with E-state index < -0.39 is 28.5 Å². The predicted molar refractivity (Wildman–Crippen MR) is 142 cm³/mol. The van der Waals surface area contributed by atoms with Crippen LogP contribution in [0.5, 0.6) is 0 Å². The summed E-state index contributed by atoms with van der Waals surface area (Å²) in [5.41, 5.74) is 1.95. The van der Waals surface area contributed by atoms with E-state index in [1.54, 1.807) is 44.2 Å². The number of nitrogens with one attached hydrogen (secondary N) is 1. The lowest BCUT2D eigenvalue weighted by Crippen LogP contribution is -2.51. The van der Waals surface area contributed by atoms with Crippen molar-refractivity contribution in [2.24, 2.45) is 0 Å². The van der Waals surface area contributed by atoms with E-state index in [1.165, 1.54) is 4.90 Å². The molecule has 0 fully saturated rings. The molecule has 0 unspecified atom stereocenters. The van der Waals surface area contributed by atoms with Crippen molar-refractivity contribution in [2.75, 3.05) is 23.7 Å². The van der Waals surface area contributed by atoms with Gasteiger partial charge in [0, 0.05) is 13.1 Å². The van der Waals surface area contributed by atoms with Crippen LogP contribution in [-0.4, -0.2) is 50.5 Å². The zero-order valence-corrected chi connectivity index (χ0v) is 23.3. The van der Waals surface area contributed by atoms with E-state index in [9.17, 15) is 18.0 Å². The second-order valence-corrected chi connectivity index (χ2v) is 12.1. The van der Waals surface area contributed by atoms with E-state index in [-0.39, 0.29) is 17.9 Å². The maximum Gasteiger partial charge on any atom is 0.244 e. The Balaban J connectivity index is 2.41. The first-order valence-corrected chi connectivity index (χ1v) is 13.8. The summed E-state index contributed by atoms with van der Waals surface area (Å²) >= 11 is 12.1. The third-order valence-corrected chi connectivity index (χ3v) is 7.44. The lowest BCUT2D eigenvalue weighted by molar-refractivity contribution is -0.139. The van der Waals surface area contributed by atoms with Crippen LogP contribution in [0.3, 0.4) is 0 Å². The lowest BCUT2D eigenvalue weighted by Gasteiger charge is -2.31. The molecule has 0 aliphatic rings. The topological polar surface area (TPSA) is 86.8 Å². The molecule has 2 rings (SSSR count). The van der Waals surface area contributed by atoms with Gasteiger partial charge in [-0.25, -0.2) is 8.42 Å². The van der Waals surface area contributed by atoms with Crippen LogP contribution in [0, 0.1) is 0 Å². The van der Waals surface area contributed by atoms with E-state index in [1.807, 2.05) is 12.1 Å². The van der Waals surface area contributed by atoms with Gasteiger partial charge in [0.25, 0.3) is 0 Å². The number of carbonyl (C=O) groups excluding carboxylic acids is 2. The van der Waals surface area contributed by atoms with Gasteiger partial charge in [-0.05, 0) is 54.7 Å². The SMILES string of the molecule is CCNC(=O)[C@@H](C)N(Cc1ccc(Cl)c(Cl)c1)C(=O)CN(c1ccc(C(C)(C)C)cc1)S(C)(=O)=O. The van der Waals surface area contributed by atoms with Crippen LogP contribution in [0.25, 0.3) is 0 Å². The van der Waals surface area contributed by atoms with Crippen molar-refractivity contribution >= 4 is 50.7 Å². The third kappa shape index (κ3) is 7.85. The standard InChI is InChI=1S/C25H33Cl2N3O4S/c1-7-28-24(32)17(2)29(15-18-8-13-21(26)22(27)14-18)23(31)16-30(35(6,33)34)20-11-9-19(10-12-20)25(3,4)5/h8-14,17H,7,15-16H2,1-6H3,(H,28,32)/t17-/m1/s1. The molecule has 0 saturated heterocycles. The molecule has 1 N–H and O–H groups in total. The number of rotatable bonds is 9. The Morgan fingerprint density at radius 1 is 1.03 bits per heavy atom. The van der Waals surface area contributed by atoms with Crippen molar-refractivity contribution in [2.45, 2.75) is 52.6 Å². The molecule has 0 heterocycles. The van der Waals surface area contributed by atoms with Crippen molar-refractivity contribution < 1.29 is 18.0 Å². The summed E-state index contributed by atoms with van der Waals surface area (Å²) in [6.07, 6.45) is 1.05. The highest BCUT2D eigenvalue weighted by molar-refractivity contribution is 7.92. The molecule has 0 spiro atoms. The third-order valence-electron chi connectivity index (χ3n) is 5.56. The maximum absolute atomic E-state index is 13.5. The molecule has 0 aromatic heterocycles. The van der Waals surface area contributed by atoms with Gasteiger partial charge in [0.1, 0.15) is 12.6 Å². The van der Waals surface area contributed by atoms with E-state index in [4.69, 9.17) is 23.2 Å². The highest BCUT2D eigenvalue weighted by Crippen LogP contribution is 2.27. The number of hydrogen-bond donors (Lipinski definition) is 1. The van der Waals surface area contributed by atoms with Crippen molar-refractivity contribution in [3.63, 3.8) is 0 Å². The van der Waals surface area contributed by atoms with Crippen molar-refractivity contribution in [1.29, 1.82) is 0 Å². The van der Waals surface area contributed by atoms with Gasteiger partial charge < -0.3 is 10.2 Å². The summed E-state index contributed by atoms with van der Waals surface area (Å²) in [6.45, 7) is 9.54. The molecule has 7 nitrogen and oxygen atoms in total. The number of amides is 2. The Morgan fingerprint density at radius 2 is 1.63 bits per heavy atom. The molecule has 0 aliphatic heterocycles. The molecular weight excluding hydrogens is 509 g/mol. The van der Waals surface area contributed by atoms with Crippen molar-refractivity contribution in [3.8, 4) is 0 Å². The first kappa shape index (κ1) is 28.9. The minimum absolute atomic E-state index is 0.0502. The smallest absolute Gasteiger partial charge is 0.244 e. The fourth-order valence-electron chi connectivity index (χ4n) is 3.48. The molecule has 2 amide bonds. The number of sulfonamides is 1. The van der Waals surface area contributed by atoms with Gasteiger partial charge in [0.2, 0.25) is 21.8 Å². The van der Waals surface area contributed by atoms with Crippen LogP contribution in [0.15, 0.2) is 42.5 Å². The zero-order chi connectivity index (χ0) is 26.6. The molecule has 10 heteroatoms. The maximum atomic E-state index is 13.5. The molecular formula is C25H33Cl2N3O4S. The summed E-state index contributed by atoms with van der Waals surface area (Å²) in [5.74, 6) is -0.874. The van der Waals surface area contributed by atoms with Crippen LogP contribution in [0.2, 0.25) is 10.0 Å². The van der Waals surface area contributed by atoms with Gasteiger partial charge in [-0.2, -0.15) is 0 Å². The van der Waals surface area contributed by atoms with Gasteiger partial charge in [-0.1, -0.05) is 62.2 Å². The molecule has 0 aliphatic carbocycles. The Hall–Kier alpha value is -2.29. The number of carbonyl (C=O) groups is 2. The largest absolute Gasteiger partial charge is 0.355 e. The predicted octanol–water partition coefficient (Wildman–Crippen LogP) is 4.61. The number of halogens is 2. The van der Waals surface area contributed by atoms with Gasteiger partial charge in [-0.3, -0.25) is 13.9 Å². The lowest BCUT2D eigenvalue weighted by atomic mass is 9.87. The number of likely N-dealkylation sites (N-methyl/N-ethyl adjacent to an activating group) is 1. The number of nitrogens with zero attached hydrogens (tertiary/aromatic N) is 2. The fraction of sp³-hybridized carbons (Fsp3) is 0.440. The second-order valence-electron chi connectivity index (χ2n) is 9.41. The molecule has 192 valence electrons. The summed E-state index contributed by atoms with van der Waals surface area (Å²) in [6, 6.07) is 11.2. The summed E-state index contributed by atoms with van der Waals surface area (Å²) in [5, 5.41) is 3.40. The van der Waals surface area contributed by atoms with Gasteiger partial charge in [0.15, 0.2) is 0 Å². The molecule has 2 aromatic carbocycles. The summed E-state index contributed by atoms with van der Waals surface area (Å²) in [4.78, 5) is 27.4. The highest BCUT2D eigenvalue weighted by Gasteiger charge is 2.30. The Kier molecular flexibility index (Phi) is 9.62. The van der Waals surface area contributed by atoms with Crippen LogP contribution in [0.1, 0.15) is 45.7 Å². The number of anilines is 1. The van der Waals surface area contributed by atoms with Gasteiger partial charge in [-0.15, -0.1) is 0 Å². The average molecular weight is 543 g/mol. The summed E-state index contributed by atoms with van der Waals surface area (Å²) < 4.78 is 26.4. The van der Waals surface area contributed by atoms with Crippen LogP contribution < -0.4 is 9.62 Å². The monoisotopic (exact) mass is 541 g/mol. The quantitative estimate of drug-likeness (QED) is 0.502. The van der Waals surface area contributed by atoms with Crippen LogP contribution in [0.4, 0.5) is 5.69 Å². The Morgan fingerprint density at radius 3 is 2.11 bits per heavy atom. The molecule has 0 radical (unpaired) electrons. The normalized spacial score (nSPS) is 12.7. The van der Waals surface area contributed by atoms with E-state index in [0.717, 1.165) is 16.1 Å². The van der Waals surface area contributed by atoms with Crippen molar-refractivity contribution in [1.82, 2.24) is 10.2 Å². The second kappa shape index (κ2) is 11.6. The first-order valence-electron chi connectivity index (χ1n) is 11.2. The molecule has 0 saturated carbocycles. The zero-order valence-electron chi connectivity index (χ0n) is 20.9. The van der Waals surface area contributed by atoms with E-state index in [2.05, 4.69) is 26.1 Å². The molecule has 2 aromatic rings. The van der Waals surface area contributed by atoms with E-state index in [0.29, 0.717) is 27.8 Å². The van der Waals surface area contributed by atoms with Crippen molar-refractivity contribution in [3.05, 3.63) is 63.6 Å². The molecule has 1 atom stereocenters. The fourth-order valence-corrected chi connectivity index (χ4v) is 4.65. The summed E-state index contributed by atoms with van der Waals surface area (Å²) in [7, 11) is -3.79.